The molecule has 0 aromatic heterocycles. The lowest BCUT2D eigenvalue weighted by atomic mass is 9.76. The van der Waals surface area contributed by atoms with Crippen LogP contribution in [0.3, 0.4) is 0 Å². The van der Waals surface area contributed by atoms with Gasteiger partial charge in [-0.3, -0.25) is 0 Å². The minimum Gasteiger partial charge on any atom is -0.205 e. The molecule has 0 N–H and O–H groups in total. The Morgan fingerprint density at radius 2 is 1.47 bits per heavy atom. The Hall–Kier alpha value is -2.19. The van der Waals surface area contributed by atoms with Crippen LogP contribution in [0.1, 0.15) is 73.1 Å². The zero-order valence-corrected chi connectivity index (χ0v) is 19.4. The maximum absolute atomic E-state index is 13.7. The summed E-state index contributed by atoms with van der Waals surface area (Å²) in [6.45, 7) is 2.29. The van der Waals surface area contributed by atoms with Crippen molar-refractivity contribution in [1.82, 2.24) is 0 Å². The van der Waals surface area contributed by atoms with E-state index in [0.29, 0.717) is 29.7 Å². The lowest BCUT2D eigenvalue weighted by molar-refractivity contribution is 0.310. The van der Waals surface area contributed by atoms with Gasteiger partial charge in [-0.25, -0.2) is 8.78 Å². The predicted molar refractivity (Wildman–Crippen MR) is 129 cm³/mol. The second kappa shape index (κ2) is 10.6. The number of rotatable bonds is 7. The van der Waals surface area contributed by atoms with Crippen molar-refractivity contribution in [2.45, 2.75) is 63.7 Å². The minimum absolute atomic E-state index is 0.408. The summed E-state index contributed by atoms with van der Waals surface area (Å²) >= 11 is 5.59. The van der Waals surface area contributed by atoms with E-state index < -0.39 is 16.7 Å². The van der Waals surface area contributed by atoms with Crippen molar-refractivity contribution < 1.29 is 8.78 Å². The first kappa shape index (κ1) is 23.0. The van der Waals surface area contributed by atoms with E-state index in [1.54, 1.807) is 0 Å². The Morgan fingerprint density at radius 1 is 0.844 bits per heavy atom. The Bertz CT molecular complexity index is 982. The van der Waals surface area contributed by atoms with Crippen LogP contribution >= 0.6 is 11.6 Å². The van der Waals surface area contributed by atoms with Gasteiger partial charge in [0.05, 0.1) is 0 Å². The normalized spacial score (nSPS) is 19.6. The van der Waals surface area contributed by atoms with E-state index in [9.17, 15) is 8.78 Å². The third-order valence-corrected chi connectivity index (χ3v) is 7.45. The molecule has 32 heavy (non-hydrogen) atoms. The van der Waals surface area contributed by atoms with Crippen molar-refractivity contribution in [3.05, 3.63) is 106 Å². The second-order valence-corrected chi connectivity index (χ2v) is 9.77. The summed E-state index contributed by atoms with van der Waals surface area (Å²) in [5, 5.41) is -0.408. The number of benzene rings is 3. The molecule has 0 spiro atoms. The predicted octanol–water partition coefficient (Wildman–Crippen LogP) is 8.87. The first-order valence-electron chi connectivity index (χ1n) is 11.8. The molecular formula is C29H31ClF2. The van der Waals surface area contributed by atoms with E-state index in [-0.39, 0.29) is 0 Å². The van der Waals surface area contributed by atoms with Gasteiger partial charge < -0.3 is 0 Å². The maximum Gasteiger partial charge on any atom is 0.145 e. The molecule has 0 amide bonds. The molecule has 168 valence electrons. The molecule has 0 radical (unpaired) electrons. The monoisotopic (exact) mass is 452 g/mol. The minimum atomic E-state index is -0.660. The third kappa shape index (κ3) is 5.78. The summed E-state index contributed by atoms with van der Waals surface area (Å²) in [6, 6.07) is 22.7. The van der Waals surface area contributed by atoms with Gasteiger partial charge in [-0.1, -0.05) is 73.1 Å². The highest BCUT2D eigenvalue weighted by Gasteiger charge is 2.22. The van der Waals surface area contributed by atoms with Crippen molar-refractivity contribution in [3.8, 4) is 0 Å². The van der Waals surface area contributed by atoms with Gasteiger partial charge >= 0.3 is 0 Å². The van der Waals surface area contributed by atoms with E-state index in [1.165, 1.54) is 54.5 Å². The number of hydrogen-bond donors (Lipinski definition) is 0. The summed E-state index contributed by atoms with van der Waals surface area (Å²) in [4.78, 5) is 0. The maximum atomic E-state index is 13.7. The summed E-state index contributed by atoms with van der Waals surface area (Å²) in [6.07, 6.45) is 7.47. The van der Waals surface area contributed by atoms with E-state index in [1.807, 2.05) is 0 Å². The lowest BCUT2D eigenvalue weighted by Crippen LogP contribution is -2.14. The van der Waals surface area contributed by atoms with Gasteiger partial charge in [0.15, 0.2) is 0 Å². The molecule has 3 aromatic carbocycles. The lowest BCUT2D eigenvalue weighted by Gasteiger charge is -2.29. The summed E-state index contributed by atoms with van der Waals surface area (Å²) in [7, 11) is 0. The molecule has 3 heteroatoms. The molecule has 3 aromatic rings. The van der Waals surface area contributed by atoms with E-state index in [4.69, 9.17) is 11.6 Å². The van der Waals surface area contributed by atoms with Crippen LogP contribution in [0.2, 0.25) is 5.02 Å². The molecule has 1 unspecified atom stereocenters. The van der Waals surface area contributed by atoms with Gasteiger partial charge in [-0.2, -0.15) is 0 Å². The Kier molecular flexibility index (Phi) is 7.63. The first-order chi connectivity index (χ1) is 15.5. The van der Waals surface area contributed by atoms with E-state index in [2.05, 4.69) is 61.5 Å². The van der Waals surface area contributed by atoms with Crippen molar-refractivity contribution >= 4 is 11.6 Å². The van der Waals surface area contributed by atoms with Crippen LogP contribution in [0.5, 0.6) is 0 Å². The van der Waals surface area contributed by atoms with Gasteiger partial charge in [0.2, 0.25) is 0 Å². The standard InChI is InChI=1S/C29H31ClF2/c1-20(24-5-3-2-4-6-24)17-22-11-15-26(16-12-22)25-13-9-21(10-14-25)7-8-23-18-27(31)29(30)28(32)19-23/h2-6,11-12,15-16,18-21,25H,7-10,13-14,17H2,1H3. The summed E-state index contributed by atoms with van der Waals surface area (Å²) < 4.78 is 27.3. The Morgan fingerprint density at radius 3 is 2.09 bits per heavy atom. The molecule has 0 heterocycles. The fraction of sp³-hybridized carbons (Fsp3) is 0.379. The van der Waals surface area contributed by atoms with Crippen molar-refractivity contribution in [2.75, 3.05) is 0 Å². The molecule has 1 fully saturated rings. The quantitative estimate of drug-likeness (QED) is 0.314. The molecule has 0 saturated heterocycles. The van der Waals surface area contributed by atoms with E-state index >= 15 is 0 Å². The topological polar surface area (TPSA) is 0 Å². The highest BCUT2D eigenvalue weighted by atomic mass is 35.5. The van der Waals surface area contributed by atoms with Gasteiger partial charge in [-0.05, 0) is 97.1 Å². The molecule has 4 rings (SSSR count). The first-order valence-corrected chi connectivity index (χ1v) is 12.1. The van der Waals surface area contributed by atoms with Crippen LogP contribution in [-0.4, -0.2) is 0 Å². The highest BCUT2D eigenvalue weighted by molar-refractivity contribution is 6.30. The average molecular weight is 453 g/mol. The summed E-state index contributed by atoms with van der Waals surface area (Å²) in [5.74, 6) is 0.440. The van der Waals surface area contributed by atoms with Crippen LogP contribution < -0.4 is 0 Å². The summed E-state index contributed by atoms with van der Waals surface area (Å²) in [5.41, 5.74) is 4.92. The van der Waals surface area contributed by atoms with Gasteiger partial charge in [0, 0.05) is 0 Å². The number of halogens is 3. The Labute approximate surface area is 195 Å². The molecule has 1 atom stereocenters. The van der Waals surface area contributed by atoms with E-state index in [0.717, 1.165) is 12.8 Å². The molecule has 1 aliphatic rings. The largest absolute Gasteiger partial charge is 0.205 e. The van der Waals surface area contributed by atoms with Gasteiger partial charge in [0.25, 0.3) is 0 Å². The fourth-order valence-electron chi connectivity index (χ4n) is 5.09. The third-order valence-electron chi connectivity index (χ3n) is 7.09. The SMILES string of the molecule is CC(Cc1ccc(C2CCC(CCc3cc(F)c(Cl)c(F)c3)CC2)cc1)c1ccccc1. The average Bonchev–Trinajstić information content (AvgIpc) is 2.82. The zero-order valence-electron chi connectivity index (χ0n) is 18.7. The van der Waals surface area contributed by atoms with Crippen LogP contribution in [0.15, 0.2) is 66.7 Å². The number of hydrogen-bond acceptors (Lipinski definition) is 0. The highest BCUT2D eigenvalue weighted by Crippen LogP contribution is 2.38. The molecule has 0 aliphatic heterocycles. The smallest absolute Gasteiger partial charge is 0.145 e. The molecule has 0 nitrogen and oxygen atoms in total. The van der Waals surface area contributed by atoms with Crippen molar-refractivity contribution in [2.24, 2.45) is 5.92 Å². The van der Waals surface area contributed by atoms with Crippen LogP contribution in [0.25, 0.3) is 0 Å². The van der Waals surface area contributed by atoms with Crippen molar-refractivity contribution in [3.63, 3.8) is 0 Å². The number of aryl methyl sites for hydroxylation is 1. The van der Waals surface area contributed by atoms with Crippen molar-refractivity contribution in [1.29, 1.82) is 0 Å². The Balaban J connectivity index is 1.26. The fourth-order valence-corrected chi connectivity index (χ4v) is 5.20. The zero-order chi connectivity index (χ0) is 22.5. The van der Waals surface area contributed by atoms with Crippen LogP contribution in [0, 0.1) is 17.6 Å². The van der Waals surface area contributed by atoms with Gasteiger partial charge in [-0.15, -0.1) is 0 Å². The second-order valence-electron chi connectivity index (χ2n) is 9.39. The van der Waals surface area contributed by atoms with Crippen LogP contribution in [-0.2, 0) is 12.8 Å². The van der Waals surface area contributed by atoms with Crippen LogP contribution in [0.4, 0.5) is 8.78 Å². The molecular weight excluding hydrogens is 422 g/mol. The molecule has 1 aliphatic carbocycles. The van der Waals surface area contributed by atoms with Gasteiger partial charge in [0.1, 0.15) is 16.7 Å². The molecule has 1 saturated carbocycles. The molecule has 0 bridgehead atoms.